The Morgan fingerprint density at radius 1 is 1.33 bits per heavy atom. The first kappa shape index (κ1) is 17.9. The average Bonchev–Trinajstić information content (AvgIpc) is 2.31. The van der Waals surface area contributed by atoms with E-state index in [0.29, 0.717) is 5.69 Å². The molecule has 0 aliphatic carbocycles. The van der Waals surface area contributed by atoms with E-state index in [4.69, 9.17) is 28.9 Å². The van der Waals surface area contributed by atoms with Gasteiger partial charge in [0, 0.05) is 5.69 Å². The second-order valence-electron chi connectivity index (χ2n) is 4.33. The lowest BCUT2D eigenvalue weighted by Crippen LogP contribution is -2.39. The van der Waals surface area contributed by atoms with Gasteiger partial charge in [-0.3, -0.25) is 9.69 Å². The summed E-state index contributed by atoms with van der Waals surface area (Å²) in [5.41, 5.74) is 5.96. The van der Waals surface area contributed by atoms with E-state index in [1.165, 1.54) is 19.1 Å². The van der Waals surface area contributed by atoms with Crippen molar-refractivity contribution in [2.75, 3.05) is 30.7 Å². The van der Waals surface area contributed by atoms with Crippen LogP contribution >= 0.6 is 23.2 Å². The Morgan fingerprint density at radius 3 is 2.29 bits per heavy atom. The van der Waals surface area contributed by atoms with E-state index in [-0.39, 0.29) is 22.3 Å². The number of hydrogen-bond donors (Lipinski definition) is 2. The average molecular weight is 344 g/mol. The molecule has 0 aliphatic rings. The Balaban J connectivity index is 2.73. The summed E-state index contributed by atoms with van der Waals surface area (Å²) in [7, 11) is 0. The third-order valence-corrected chi connectivity index (χ3v) is 3.14. The van der Waals surface area contributed by atoms with Crippen LogP contribution in [-0.4, -0.2) is 36.6 Å². The summed E-state index contributed by atoms with van der Waals surface area (Å²) < 4.78 is 36.9. The predicted octanol–water partition coefficient (Wildman–Crippen LogP) is 3.40. The number of nitrogens with two attached hydrogens (primary N) is 1. The van der Waals surface area contributed by atoms with Gasteiger partial charge in [0.25, 0.3) is 0 Å². The van der Waals surface area contributed by atoms with Crippen molar-refractivity contribution >= 4 is 40.5 Å². The van der Waals surface area contributed by atoms with E-state index in [0.717, 1.165) is 4.90 Å². The second-order valence-corrected chi connectivity index (χ2v) is 5.14. The van der Waals surface area contributed by atoms with Gasteiger partial charge in [-0.05, 0) is 18.7 Å². The zero-order valence-corrected chi connectivity index (χ0v) is 12.6. The van der Waals surface area contributed by atoms with Gasteiger partial charge in [-0.25, -0.2) is 0 Å². The zero-order chi connectivity index (χ0) is 16.2. The topological polar surface area (TPSA) is 58.4 Å². The van der Waals surface area contributed by atoms with Gasteiger partial charge < -0.3 is 11.1 Å². The third kappa shape index (κ3) is 5.99. The lowest BCUT2D eigenvalue weighted by atomic mass is 10.2. The number of rotatable bonds is 5. The number of nitrogen functional groups attached to an aromatic ring is 1. The van der Waals surface area contributed by atoms with E-state index >= 15 is 0 Å². The highest BCUT2D eigenvalue weighted by atomic mass is 35.5. The van der Waals surface area contributed by atoms with Crippen LogP contribution in [0.1, 0.15) is 6.92 Å². The minimum absolute atomic E-state index is 0.0795. The minimum atomic E-state index is -4.37. The monoisotopic (exact) mass is 343 g/mol. The van der Waals surface area contributed by atoms with Gasteiger partial charge in [-0.1, -0.05) is 30.1 Å². The lowest BCUT2D eigenvalue weighted by Gasteiger charge is -2.21. The molecule has 9 heteroatoms. The highest BCUT2D eigenvalue weighted by Crippen LogP contribution is 2.32. The first-order valence-corrected chi connectivity index (χ1v) is 6.71. The molecule has 0 saturated carbocycles. The Hall–Kier alpha value is -1.18. The maximum Gasteiger partial charge on any atom is 0.401 e. The number of benzene rings is 1. The molecular weight excluding hydrogens is 330 g/mol. The summed E-state index contributed by atoms with van der Waals surface area (Å²) in [4.78, 5) is 12.7. The second kappa shape index (κ2) is 7.20. The molecule has 0 radical (unpaired) electrons. The predicted molar refractivity (Wildman–Crippen MR) is 77.7 cm³/mol. The Morgan fingerprint density at radius 2 is 1.86 bits per heavy atom. The normalized spacial score (nSPS) is 11.8. The summed E-state index contributed by atoms with van der Waals surface area (Å²) in [6, 6.07) is 2.77. The van der Waals surface area contributed by atoms with Crippen LogP contribution in [0.5, 0.6) is 0 Å². The van der Waals surface area contributed by atoms with Crippen molar-refractivity contribution < 1.29 is 18.0 Å². The van der Waals surface area contributed by atoms with E-state index in [1.54, 1.807) is 0 Å². The van der Waals surface area contributed by atoms with Crippen molar-refractivity contribution in [2.45, 2.75) is 13.1 Å². The largest absolute Gasteiger partial charge is 0.401 e. The quantitative estimate of drug-likeness (QED) is 0.805. The molecule has 0 spiro atoms. The van der Waals surface area contributed by atoms with Crippen LogP contribution in [0, 0.1) is 0 Å². The van der Waals surface area contributed by atoms with Gasteiger partial charge in [0.05, 0.1) is 28.8 Å². The van der Waals surface area contributed by atoms with Gasteiger partial charge in [-0.2, -0.15) is 13.2 Å². The van der Waals surface area contributed by atoms with Crippen LogP contribution in [0.2, 0.25) is 10.0 Å². The Kier molecular flexibility index (Phi) is 6.12. The summed E-state index contributed by atoms with van der Waals surface area (Å²) in [6.45, 7) is 0.0193. The molecule has 1 amide bonds. The third-order valence-electron chi connectivity index (χ3n) is 2.55. The number of carbonyl (C=O) groups excluding carboxylic acids is 1. The summed E-state index contributed by atoms with van der Waals surface area (Å²) in [5.74, 6) is -0.644. The smallest absolute Gasteiger partial charge is 0.399 e. The zero-order valence-electron chi connectivity index (χ0n) is 11.1. The van der Waals surface area contributed by atoms with Crippen LogP contribution in [0.25, 0.3) is 0 Å². The van der Waals surface area contributed by atoms with Gasteiger partial charge >= 0.3 is 6.18 Å². The van der Waals surface area contributed by atoms with Gasteiger partial charge in [0.1, 0.15) is 0 Å². The maximum atomic E-state index is 12.3. The fraction of sp³-hybridized carbons (Fsp3) is 0.417. The molecule has 118 valence electrons. The first-order chi connectivity index (χ1) is 9.62. The van der Waals surface area contributed by atoms with Crippen molar-refractivity contribution in [3.63, 3.8) is 0 Å². The van der Waals surface area contributed by atoms with E-state index in [9.17, 15) is 18.0 Å². The molecule has 1 aromatic rings. The number of amides is 1. The fourth-order valence-electron chi connectivity index (χ4n) is 1.63. The Labute approximate surface area is 130 Å². The van der Waals surface area contributed by atoms with Crippen molar-refractivity contribution in [3.05, 3.63) is 22.2 Å². The molecule has 0 saturated heterocycles. The Bertz CT molecular complexity index is 500. The number of anilines is 2. The summed E-state index contributed by atoms with van der Waals surface area (Å²) in [5, 5.41) is 2.62. The van der Waals surface area contributed by atoms with Crippen molar-refractivity contribution in [1.82, 2.24) is 4.90 Å². The van der Waals surface area contributed by atoms with Gasteiger partial charge in [-0.15, -0.1) is 0 Å². The SMILES string of the molecule is CCN(CC(=O)Nc1c(Cl)cc(N)cc1Cl)CC(F)(F)F. The van der Waals surface area contributed by atoms with Crippen LogP contribution in [0.4, 0.5) is 24.5 Å². The van der Waals surface area contributed by atoms with E-state index in [2.05, 4.69) is 5.32 Å². The molecule has 1 aromatic carbocycles. The van der Waals surface area contributed by atoms with Crippen LogP contribution < -0.4 is 11.1 Å². The number of alkyl halides is 3. The number of likely N-dealkylation sites (N-methyl/N-ethyl adjacent to an activating group) is 1. The molecule has 0 unspecified atom stereocenters. The molecule has 4 nitrogen and oxygen atoms in total. The highest BCUT2D eigenvalue weighted by molar-refractivity contribution is 6.40. The number of carbonyl (C=O) groups is 1. The molecule has 21 heavy (non-hydrogen) atoms. The molecule has 1 rings (SSSR count). The number of hydrogen-bond acceptors (Lipinski definition) is 3. The van der Waals surface area contributed by atoms with Gasteiger partial charge in [0.2, 0.25) is 5.91 Å². The molecule has 0 bridgehead atoms. The summed E-state index contributed by atoms with van der Waals surface area (Å²) in [6.07, 6.45) is -4.37. The number of nitrogens with zero attached hydrogens (tertiary/aromatic N) is 1. The van der Waals surface area contributed by atoms with Crippen LogP contribution in [-0.2, 0) is 4.79 Å². The van der Waals surface area contributed by atoms with Crippen LogP contribution in [0.3, 0.4) is 0 Å². The standard InChI is InChI=1S/C12H14Cl2F3N3O/c1-2-20(6-12(15,16)17)5-10(21)19-11-8(13)3-7(18)4-9(11)14/h3-4H,2,5-6,18H2,1H3,(H,19,21). The fourth-order valence-corrected chi connectivity index (χ4v) is 2.23. The molecule has 0 heterocycles. The highest BCUT2D eigenvalue weighted by Gasteiger charge is 2.30. The molecule has 0 atom stereocenters. The number of nitrogens with one attached hydrogen (secondary N) is 1. The van der Waals surface area contributed by atoms with Crippen molar-refractivity contribution in [2.24, 2.45) is 0 Å². The molecule has 0 aliphatic heterocycles. The maximum absolute atomic E-state index is 12.3. The lowest BCUT2D eigenvalue weighted by molar-refractivity contribution is -0.147. The van der Waals surface area contributed by atoms with Crippen LogP contribution in [0.15, 0.2) is 12.1 Å². The number of halogens is 5. The molecule has 3 N–H and O–H groups in total. The van der Waals surface area contributed by atoms with E-state index in [1.807, 2.05) is 0 Å². The minimum Gasteiger partial charge on any atom is -0.399 e. The molecule has 0 aromatic heterocycles. The van der Waals surface area contributed by atoms with Crippen molar-refractivity contribution in [3.8, 4) is 0 Å². The van der Waals surface area contributed by atoms with Crippen molar-refractivity contribution in [1.29, 1.82) is 0 Å². The first-order valence-electron chi connectivity index (χ1n) is 5.96. The molecular formula is C12H14Cl2F3N3O. The summed E-state index contributed by atoms with van der Waals surface area (Å²) >= 11 is 11.8. The molecule has 0 fully saturated rings. The van der Waals surface area contributed by atoms with E-state index < -0.39 is 25.2 Å². The van der Waals surface area contributed by atoms with Gasteiger partial charge in [0.15, 0.2) is 0 Å².